The van der Waals surface area contributed by atoms with Crippen molar-refractivity contribution < 1.29 is 14.3 Å². The number of carbonyl (C=O) groups is 1. The van der Waals surface area contributed by atoms with E-state index in [2.05, 4.69) is 30.5 Å². The molecule has 1 aliphatic rings. The molecule has 0 saturated heterocycles. The van der Waals surface area contributed by atoms with Gasteiger partial charge >= 0.3 is 0 Å². The fourth-order valence-corrected chi connectivity index (χ4v) is 3.78. The SMILES string of the molecule is Cc1cccc(Nc2cc(C(=O)NCc3ccc4c(c3)OCO4)c3ccccc3n2)c1C. The van der Waals surface area contributed by atoms with Gasteiger partial charge in [-0.1, -0.05) is 36.4 Å². The largest absolute Gasteiger partial charge is 0.454 e. The number of hydrogen-bond acceptors (Lipinski definition) is 5. The Bertz CT molecular complexity index is 1330. The Morgan fingerprint density at radius 2 is 1.81 bits per heavy atom. The van der Waals surface area contributed by atoms with E-state index >= 15 is 0 Å². The molecule has 0 saturated carbocycles. The van der Waals surface area contributed by atoms with Crippen LogP contribution in [0.3, 0.4) is 0 Å². The second-order valence-corrected chi connectivity index (χ2v) is 7.81. The molecular weight excluding hydrogens is 402 g/mol. The molecule has 0 aliphatic carbocycles. The molecule has 4 aromatic rings. The van der Waals surface area contributed by atoms with E-state index in [-0.39, 0.29) is 12.7 Å². The summed E-state index contributed by atoms with van der Waals surface area (Å²) in [4.78, 5) is 17.9. The highest BCUT2D eigenvalue weighted by atomic mass is 16.7. The van der Waals surface area contributed by atoms with Gasteiger partial charge < -0.3 is 20.1 Å². The van der Waals surface area contributed by atoms with Crippen LogP contribution in [0.25, 0.3) is 10.9 Å². The molecular formula is C26H23N3O3. The van der Waals surface area contributed by atoms with E-state index in [0.717, 1.165) is 33.5 Å². The topological polar surface area (TPSA) is 72.5 Å². The van der Waals surface area contributed by atoms with Gasteiger partial charge in [0.15, 0.2) is 11.5 Å². The number of aryl methyl sites for hydroxylation is 1. The van der Waals surface area contributed by atoms with E-state index in [1.54, 1.807) is 6.07 Å². The fourth-order valence-electron chi connectivity index (χ4n) is 3.78. The number of carbonyl (C=O) groups excluding carboxylic acids is 1. The van der Waals surface area contributed by atoms with Crippen LogP contribution in [0.4, 0.5) is 11.5 Å². The molecule has 1 aliphatic heterocycles. The summed E-state index contributed by atoms with van der Waals surface area (Å²) in [6.45, 7) is 4.75. The molecule has 0 atom stereocenters. The number of benzene rings is 3. The number of ether oxygens (including phenoxy) is 2. The van der Waals surface area contributed by atoms with Gasteiger partial charge in [-0.2, -0.15) is 0 Å². The van der Waals surface area contributed by atoms with Gasteiger partial charge in [0.05, 0.1) is 11.1 Å². The third-order valence-electron chi connectivity index (χ3n) is 5.72. The number of nitrogens with zero attached hydrogens (tertiary/aromatic N) is 1. The highest BCUT2D eigenvalue weighted by molar-refractivity contribution is 6.07. The molecule has 6 heteroatoms. The third kappa shape index (κ3) is 3.83. The Hall–Kier alpha value is -4.06. The summed E-state index contributed by atoms with van der Waals surface area (Å²) in [5.41, 5.74) is 5.59. The average Bonchev–Trinajstić information content (AvgIpc) is 3.28. The Labute approximate surface area is 186 Å². The molecule has 0 unspecified atom stereocenters. The van der Waals surface area contributed by atoms with Gasteiger partial charge in [0, 0.05) is 17.6 Å². The molecule has 1 amide bonds. The molecule has 0 radical (unpaired) electrons. The zero-order valence-electron chi connectivity index (χ0n) is 17.9. The number of nitrogens with one attached hydrogen (secondary N) is 2. The molecule has 6 nitrogen and oxygen atoms in total. The standard InChI is InChI=1S/C26H23N3O3/c1-16-6-5-9-21(17(16)2)28-25-13-20(19-7-3-4-8-22(19)29-25)26(30)27-14-18-10-11-23-24(12-18)32-15-31-23/h3-13H,14-15H2,1-2H3,(H,27,30)(H,28,29). The van der Waals surface area contributed by atoms with Crippen molar-refractivity contribution in [3.8, 4) is 11.5 Å². The number of anilines is 2. The van der Waals surface area contributed by atoms with Crippen LogP contribution >= 0.6 is 0 Å². The first-order valence-electron chi connectivity index (χ1n) is 10.5. The van der Waals surface area contributed by atoms with Gasteiger partial charge in [0.1, 0.15) is 5.82 Å². The number of fused-ring (bicyclic) bond motifs is 2. The smallest absolute Gasteiger partial charge is 0.252 e. The Balaban J connectivity index is 1.43. The van der Waals surface area contributed by atoms with E-state index < -0.39 is 0 Å². The predicted molar refractivity (Wildman–Crippen MR) is 125 cm³/mol. The summed E-state index contributed by atoms with van der Waals surface area (Å²) in [7, 11) is 0. The van der Waals surface area contributed by atoms with Crippen LogP contribution in [0.5, 0.6) is 11.5 Å². The molecule has 0 spiro atoms. The second-order valence-electron chi connectivity index (χ2n) is 7.81. The van der Waals surface area contributed by atoms with Crippen molar-refractivity contribution in [3.63, 3.8) is 0 Å². The number of hydrogen-bond donors (Lipinski definition) is 2. The molecule has 2 heterocycles. The molecule has 1 aromatic heterocycles. The highest BCUT2D eigenvalue weighted by Crippen LogP contribution is 2.32. The maximum Gasteiger partial charge on any atom is 0.252 e. The lowest BCUT2D eigenvalue weighted by atomic mass is 10.1. The minimum Gasteiger partial charge on any atom is -0.454 e. The zero-order valence-corrected chi connectivity index (χ0v) is 17.9. The van der Waals surface area contributed by atoms with Gasteiger partial charge in [-0.05, 0) is 60.9 Å². The summed E-state index contributed by atoms with van der Waals surface area (Å²) < 4.78 is 10.8. The van der Waals surface area contributed by atoms with Crippen LogP contribution in [0.2, 0.25) is 0 Å². The second kappa shape index (κ2) is 8.23. The summed E-state index contributed by atoms with van der Waals surface area (Å²) in [5.74, 6) is 1.89. The first kappa shape index (κ1) is 19.9. The lowest BCUT2D eigenvalue weighted by molar-refractivity contribution is 0.0952. The monoisotopic (exact) mass is 425 g/mol. The van der Waals surface area contributed by atoms with Crippen LogP contribution in [-0.4, -0.2) is 17.7 Å². The van der Waals surface area contributed by atoms with Crippen LogP contribution < -0.4 is 20.1 Å². The van der Waals surface area contributed by atoms with Gasteiger partial charge in [-0.25, -0.2) is 4.98 Å². The quantitative estimate of drug-likeness (QED) is 0.457. The van der Waals surface area contributed by atoms with Crippen molar-refractivity contribution in [2.75, 3.05) is 12.1 Å². The summed E-state index contributed by atoms with van der Waals surface area (Å²) in [5, 5.41) is 7.21. The van der Waals surface area contributed by atoms with Crippen LogP contribution in [0.15, 0.2) is 66.7 Å². The minimum atomic E-state index is -0.162. The van der Waals surface area contributed by atoms with Gasteiger partial charge in [-0.15, -0.1) is 0 Å². The number of amides is 1. The van der Waals surface area contributed by atoms with E-state index in [9.17, 15) is 4.79 Å². The van der Waals surface area contributed by atoms with E-state index in [4.69, 9.17) is 14.5 Å². The number of para-hydroxylation sites is 1. The van der Waals surface area contributed by atoms with Crippen molar-refractivity contribution in [2.24, 2.45) is 0 Å². The molecule has 3 aromatic carbocycles. The van der Waals surface area contributed by atoms with E-state index in [1.807, 2.05) is 54.6 Å². The van der Waals surface area contributed by atoms with E-state index in [0.29, 0.717) is 23.7 Å². The molecule has 0 bridgehead atoms. The number of rotatable bonds is 5. The number of pyridine rings is 1. The van der Waals surface area contributed by atoms with Crippen molar-refractivity contribution in [1.29, 1.82) is 0 Å². The van der Waals surface area contributed by atoms with Crippen LogP contribution in [-0.2, 0) is 6.54 Å². The van der Waals surface area contributed by atoms with Gasteiger partial charge in [0.2, 0.25) is 6.79 Å². The van der Waals surface area contributed by atoms with Crippen LogP contribution in [0, 0.1) is 13.8 Å². The Morgan fingerprint density at radius 3 is 2.72 bits per heavy atom. The van der Waals surface area contributed by atoms with Gasteiger partial charge in [-0.3, -0.25) is 4.79 Å². The first-order chi connectivity index (χ1) is 15.6. The van der Waals surface area contributed by atoms with Crippen molar-refractivity contribution in [1.82, 2.24) is 10.3 Å². The lowest BCUT2D eigenvalue weighted by Gasteiger charge is -2.14. The van der Waals surface area contributed by atoms with E-state index in [1.165, 1.54) is 5.56 Å². The summed E-state index contributed by atoms with van der Waals surface area (Å²) in [6, 6.07) is 21.2. The highest BCUT2D eigenvalue weighted by Gasteiger charge is 2.16. The number of aromatic nitrogens is 1. The van der Waals surface area contributed by atoms with Gasteiger partial charge in [0.25, 0.3) is 5.91 Å². The maximum absolute atomic E-state index is 13.2. The molecule has 0 fully saturated rings. The first-order valence-corrected chi connectivity index (χ1v) is 10.5. The van der Waals surface area contributed by atoms with Crippen molar-refractivity contribution >= 4 is 28.3 Å². The molecule has 160 valence electrons. The normalized spacial score (nSPS) is 12.1. The molecule has 2 N–H and O–H groups in total. The third-order valence-corrected chi connectivity index (χ3v) is 5.72. The maximum atomic E-state index is 13.2. The average molecular weight is 425 g/mol. The summed E-state index contributed by atoms with van der Waals surface area (Å²) >= 11 is 0. The lowest BCUT2D eigenvalue weighted by Crippen LogP contribution is -2.23. The Morgan fingerprint density at radius 1 is 0.969 bits per heavy atom. The fraction of sp³-hybridized carbons (Fsp3) is 0.154. The summed E-state index contributed by atoms with van der Waals surface area (Å²) in [6.07, 6.45) is 0. The zero-order chi connectivity index (χ0) is 22.1. The minimum absolute atomic E-state index is 0.162. The molecule has 32 heavy (non-hydrogen) atoms. The van der Waals surface area contributed by atoms with Crippen molar-refractivity contribution in [3.05, 3.63) is 89.0 Å². The Kier molecular flexibility index (Phi) is 5.11. The van der Waals surface area contributed by atoms with Crippen molar-refractivity contribution in [2.45, 2.75) is 20.4 Å². The predicted octanol–water partition coefficient (Wildman–Crippen LogP) is 5.25. The van der Waals surface area contributed by atoms with Crippen LogP contribution in [0.1, 0.15) is 27.0 Å². The molecule has 5 rings (SSSR count).